The molecule has 2 nitrogen and oxygen atoms in total. The molecule has 18 heavy (non-hydrogen) atoms. The molecule has 0 spiro atoms. The Kier molecular flexibility index (Phi) is 3.71. The second kappa shape index (κ2) is 4.96. The van der Waals surface area contributed by atoms with Crippen molar-refractivity contribution in [2.45, 2.75) is 32.6 Å². The van der Waals surface area contributed by atoms with E-state index in [0.717, 1.165) is 18.0 Å². The lowest BCUT2D eigenvalue weighted by atomic mass is 9.87. The lowest BCUT2D eigenvalue weighted by Crippen LogP contribution is -2.24. The van der Waals surface area contributed by atoms with Crippen LogP contribution >= 0.6 is 12.6 Å². The zero-order chi connectivity index (χ0) is 13.3. The predicted molar refractivity (Wildman–Crippen MR) is 79.5 cm³/mol. The molecule has 0 bridgehead atoms. The molecular weight excluding hydrogens is 242 g/mol. The summed E-state index contributed by atoms with van der Waals surface area (Å²) < 4.78 is 0. The Morgan fingerprint density at radius 3 is 2.33 bits per heavy atom. The third-order valence-corrected chi connectivity index (χ3v) is 4.02. The maximum atomic E-state index is 11.9. The van der Waals surface area contributed by atoms with Gasteiger partial charge in [0.25, 0.3) is 0 Å². The van der Waals surface area contributed by atoms with Crippen LogP contribution in [-0.4, -0.2) is 18.2 Å². The van der Waals surface area contributed by atoms with E-state index in [1.54, 1.807) is 0 Å². The van der Waals surface area contributed by atoms with E-state index in [4.69, 9.17) is 0 Å². The van der Waals surface area contributed by atoms with Crippen LogP contribution < -0.4 is 4.90 Å². The lowest BCUT2D eigenvalue weighted by molar-refractivity contribution is -0.117. The van der Waals surface area contributed by atoms with E-state index >= 15 is 0 Å². The molecule has 1 unspecified atom stereocenters. The van der Waals surface area contributed by atoms with Gasteiger partial charge in [0.05, 0.1) is 0 Å². The predicted octanol–water partition coefficient (Wildman–Crippen LogP) is 3.27. The van der Waals surface area contributed by atoms with Gasteiger partial charge in [-0.3, -0.25) is 4.79 Å². The first-order chi connectivity index (χ1) is 8.41. The van der Waals surface area contributed by atoms with Gasteiger partial charge in [0, 0.05) is 18.7 Å². The standard InChI is InChI=1S/C15H21NOS/c1-15(2,3)12-4-6-13(7-5-12)16-9-11(10-18)8-14(16)17/h4-7,11,18H,8-10H2,1-3H3. The van der Waals surface area contributed by atoms with E-state index in [0.29, 0.717) is 12.3 Å². The van der Waals surface area contributed by atoms with E-state index in [9.17, 15) is 4.79 Å². The number of hydrogen-bond donors (Lipinski definition) is 1. The number of carbonyl (C=O) groups is 1. The Morgan fingerprint density at radius 2 is 1.89 bits per heavy atom. The largest absolute Gasteiger partial charge is 0.312 e. The van der Waals surface area contributed by atoms with Gasteiger partial charge in [-0.05, 0) is 34.8 Å². The Hall–Kier alpha value is -0.960. The molecule has 0 aliphatic carbocycles. The number of nitrogens with zero attached hydrogens (tertiary/aromatic N) is 1. The molecule has 0 saturated carbocycles. The summed E-state index contributed by atoms with van der Waals surface area (Å²) in [6.07, 6.45) is 0.629. The maximum Gasteiger partial charge on any atom is 0.227 e. The van der Waals surface area contributed by atoms with E-state index in [-0.39, 0.29) is 11.3 Å². The topological polar surface area (TPSA) is 20.3 Å². The van der Waals surface area contributed by atoms with E-state index in [1.165, 1.54) is 5.56 Å². The lowest BCUT2D eigenvalue weighted by Gasteiger charge is -2.21. The van der Waals surface area contributed by atoms with Crippen molar-refractivity contribution in [3.05, 3.63) is 29.8 Å². The summed E-state index contributed by atoms with van der Waals surface area (Å²) in [4.78, 5) is 13.8. The second-order valence-electron chi connectivity index (χ2n) is 6.05. The summed E-state index contributed by atoms with van der Waals surface area (Å²) in [5.74, 6) is 1.39. The van der Waals surface area contributed by atoms with E-state index in [2.05, 4.69) is 57.7 Å². The van der Waals surface area contributed by atoms with Gasteiger partial charge in [-0.25, -0.2) is 0 Å². The molecule has 1 fully saturated rings. The highest BCUT2D eigenvalue weighted by molar-refractivity contribution is 7.80. The van der Waals surface area contributed by atoms with Gasteiger partial charge >= 0.3 is 0 Å². The first-order valence-corrected chi connectivity index (χ1v) is 7.07. The molecule has 3 heteroatoms. The number of rotatable bonds is 2. The Morgan fingerprint density at radius 1 is 1.28 bits per heavy atom. The van der Waals surface area contributed by atoms with Crippen molar-refractivity contribution in [1.82, 2.24) is 0 Å². The van der Waals surface area contributed by atoms with Crippen LogP contribution in [0.5, 0.6) is 0 Å². The van der Waals surface area contributed by atoms with Gasteiger partial charge in [-0.15, -0.1) is 0 Å². The summed E-state index contributed by atoms with van der Waals surface area (Å²) >= 11 is 4.28. The zero-order valence-corrected chi connectivity index (χ0v) is 12.2. The number of anilines is 1. The van der Waals surface area contributed by atoms with Crippen LogP contribution in [0.1, 0.15) is 32.8 Å². The van der Waals surface area contributed by atoms with Crippen molar-refractivity contribution >= 4 is 24.2 Å². The number of hydrogen-bond acceptors (Lipinski definition) is 2. The smallest absolute Gasteiger partial charge is 0.227 e. The number of amides is 1. The van der Waals surface area contributed by atoms with Crippen LogP contribution in [0.4, 0.5) is 5.69 Å². The normalized spacial score (nSPS) is 20.6. The highest BCUT2D eigenvalue weighted by atomic mass is 32.1. The second-order valence-corrected chi connectivity index (χ2v) is 6.42. The van der Waals surface area contributed by atoms with Crippen LogP contribution in [0.3, 0.4) is 0 Å². The Balaban J connectivity index is 2.18. The van der Waals surface area contributed by atoms with Crippen LogP contribution in [0.25, 0.3) is 0 Å². The zero-order valence-electron chi connectivity index (χ0n) is 11.3. The molecule has 1 saturated heterocycles. The quantitative estimate of drug-likeness (QED) is 0.812. The monoisotopic (exact) mass is 263 g/mol. The van der Waals surface area contributed by atoms with Crippen molar-refractivity contribution in [3.8, 4) is 0 Å². The fourth-order valence-corrected chi connectivity index (χ4v) is 2.54. The average Bonchev–Trinajstić information content (AvgIpc) is 2.70. The van der Waals surface area contributed by atoms with Crippen LogP contribution in [0.15, 0.2) is 24.3 Å². The van der Waals surface area contributed by atoms with Gasteiger partial charge < -0.3 is 4.90 Å². The van der Waals surface area contributed by atoms with Crippen LogP contribution in [-0.2, 0) is 10.2 Å². The number of carbonyl (C=O) groups excluding carboxylic acids is 1. The number of benzene rings is 1. The van der Waals surface area contributed by atoms with Gasteiger partial charge in [0.2, 0.25) is 5.91 Å². The molecule has 2 rings (SSSR count). The highest BCUT2D eigenvalue weighted by Crippen LogP contribution is 2.28. The summed E-state index contributed by atoms with van der Waals surface area (Å²) in [5.41, 5.74) is 2.46. The van der Waals surface area contributed by atoms with Crippen LogP contribution in [0.2, 0.25) is 0 Å². The van der Waals surface area contributed by atoms with Gasteiger partial charge in [-0.2, -0.15) is 12.6 Å². The fourth-order valence-electron chi connectivity index (χ4n) is 2.29. The minimum atomic E-state index is 0.154. The summed E-state index contributed by atoms with van der Waals surface area (Å²) in [6, 6.07) is 8.35. The molecule has 1 aromatic carbocycles. The first kappa shape index (κ1) is 13.5. The fraction of sp³-hybridized carbons (Fsp3) is 0.533. The number of thiol groups is 1. The molecule has 0 radical (unpaired) electrons. The van der Waals surface area contributed by atoms with Crippen molar-refractivity contribution in [1.29, 1.82) is 0 Å². The van der Waals surface area contributed by atoms with Gasteiger partial charge in [0.1, 0.15) is 0 Å². The molecule has 0 aromatic heterocycles. The minimum Gasteiger partial charge on any atom is -0.312 e. The molecular formula is C15H21NOS. The molecule has 1 atom stereocenters. The molecule has 1 heterocycles. The van der Waals surface area contributed by atoms with Crippen LogP contribution in [0, 0.1) is 5.92 Å². The van der Waals surface area contributed by atoms with E-state index < -0.39 is 0 Å². The highest BCUT2D eigenvalue weighted by Gasteiger charge is 2.29. The van der Waals surface area contributed by atoms with Crippen molar-refractivity contribution in [2.24, 2.45) is 5.92 Å². The summed E-state index contributed by atoms with van der Waals surface area (Å²) in [5, 5.41) is 0. The Labute approximate surface area is 115 Å². The maximum absolute atomic E-state index is 11.9. The molecule has 1 aliphatic heterocycles. The average molecular weight is 263 g/mol. The Bertz CT molecular complexity index is 433. The van der Waals surface area contributed by atoms with Gasteiger partial charge in [-0.1, -0.05) is 32.9 Å². The molecule has 1 aromatic rings. The molecule has 98 valence electrons. The third-order valence-electron chi connectivity index (χ3n) is 3.51. The first-order valence-electron chi connectivity index (χ1n) is 6.43. The van der Waals surface area contributed by atoms with Crippen molar-refractivity contribution in [3.63, 3.8) is 0 Å². The van der Waals surface area contributed by atoms with Gasteiger partial charge in [0.15, 0.2) is 0 Å². The SMILES string of the molecule is CC(C)(C)c1ccc(N2CC(CS)CC2=O)cc1. The van der Waals surface area contributed by atoms with E-state index in [1.807, 2.05) is 4.90 Å². The summed E-state index contributed by atoms with van der Waals surface area (Å²) in [7, 11) is 0. The molecule has 1 aliphatic rings. The minimum absolute atomic E-state index is 0.154. The van der Waals surface area contributed by atoms with Crippen molar-refractivity contribution < 1.29 is 4.79 Å². The molecule has 1 amide bonds. The van der Waals surface area contributed by atoms with Crippen molar-refractivity contribution in [2.75, 3.05) is 17.2 Å². The summed E-state index contributed by atoms with van der Waals surface area (Å²) in [6.45, 7) is 7.39. The third kappa shape index (κ3) is 2.72. The molecule has 0 N–H and O–H groups in total.